The van der Waals surface area contributed by atoms with Crippen molar-refractivity contribution in [3.05, 3.63) is 29.8 Å². The highest BCUT2D eigenvalue weighted by atomic mass is 32.2. The summed E-state index contributed by atoms with van der Waals surface area (Å²) in [6, 6.07) is 5.62. The second-order valence-electron chi connectivity index (χ2n) is 5.66. The van der Waals surface area contributed by atoms with Gasteiger partial charge in [-0.2, -0.15) is 0 Å². The number of nitrogens with zero attached hydrogens (tertiary/aromatic N) is 1. The van der Waals surface area contributed by atoms with Crippen LogP contribution < -0.4 is 5.32 Å². The number of amides is 3. The van der Waals surface area contributed by atoms with Crippen molar-refractivity contribution in [3.63, 3.8) is 0 Å². The topological polar surface area (TPSA) is 83.6 Å². The zero-order valence-corrected chi connectivity index (χ0v) is 13.7. The van der Waals surface area contributed by atoms with Crippen molar-refractivity contribution in [3.8, 4) is 0 Å². The third kappa shape index (κ3) is 2.85. The lowest BCUT2D eigenvalue weighted by Crippen LogP contribution is -2.41. The summed E-state index contributed by atoms with van der Waals surface area (Å²) < 4.78 is 23.0. The Morgan fingerprint density at radius 2 is 1.77 bits per heavy atom. The van der Waals surface area contributed by atoms with Gasteiger partial charge in [-0.15, -0.1) is 0 Å². The molecule has 3 amide bonds. The number of hydrogen-bond acceptors (Lipinski definition) is 4. The van der Waals surface area contributed by atoms with E-state index in [-0.39, 0.29) is 10.8 Å². The van der Waals surface area contributed by atoms with Crippen LogP contribution in [0.1, 0.15) is 32.3 Å². The van der Waals surface area contributed by atoms with Crippen LogP contribution in [0.5, 0.6) is 0 Å². The van der Waals surface area contributed by atoms with E-state index in [2.05, 4.69) is 5.32 Å². The molecule has 1 heterocycles. The first-order valence-electron chi connectivity index (χ1n) is 7.15. The van der Waals surface area contributed by atoms with Gasteiger partial charge in [0, 0.05) is 12.8 Å². The molecule has 1 N–H and O–H groups in total. The molecule has 1 atom stereocenters. The van der Waals surface area contributed by atoms with Crippen LogP contribution in [0.3, 0.4) is 0 Å². The molecule has 0 unspecified atom stereocenters. The molecule has 0 saturated carbocycles. The zero-order chi connectivity index (χ0) is 16.5. The highest BCUT2D eigenvalue weighted by Crippen LogP contribution is 2.29. The van der Waals surface area contributed by atoms with Crippen LogP contribution in [0.25, 0.3) is 0 Å². The lowest BCUT2D eigenvalue weighted by molar-refractivity contribution is -0.131. The standard InChI is InChI=1S/C15H20N2O4S/c1-4-5-10-17-13(18)15(2,16-14(17)19)11-6-8-12(9-7-11)22(3,20)21/h6-9H,4-5,10H2,1-3H3,(H,16,19)/t15-/m0/s1. The first-order chi connectivity index (χ1) is 10.2. The van der Waals surface area contributed by atoms with E-state index < -0.39 is 21.4 Å². The van der Waals surface area contributed by atoms with E-state index >= 15 is 0 Å². The van der Waals surface area contributed by atoms with Gasteiger partial charge in [-0.25, -0.2) is 13.2 Å². The fraction of sp³-hybridized carbons (Fsp3) is 0.467. The van der Waals surface area contributed by atoms with Crippen molar-refractivity contribution in [2.75, 3.05) is 12.8 Å². The van der Waals surface area contributed by atoms with Crippen LogP contribution in [0, 0.1) is 0 Å². The number of benzene rings is 1. The lowest BCUT2D eigenvalue weighted by Gasteiger charge is -2.22. The molecule has 120 valence electrons. The van der Waals surface area contributed by atoms with E-state index in [1.807, 2.05) is 6.92 Å². The molecular formula is C15H20N2O4S. The van der Waals surface area contributed by atoms with Crippen LogP contribution in [0.4, 0.5) is 4.79 Å². The number of sulfone groups is 1. The fourth-order valence-electron chi connectivity index (χ4n) is 2.45. The Morgan fingerprint density at radius 1 is 1.18 bits per heavy atom. The Labute approximate surface area is 130 Å². The number of hydrogen-bond donors (Lipinski definition) is 1. The maximum atomic E-state index is 12.6. The minimum absolute atomic E-state index is 0.180. The third-order valence-corrected chi connectivity index (χ3v) is 5.00. The molecule has 0 radical (unpaired) electrons. The van der Waals surface area contributed by atoms with Gasteiger partial charge in [0.25, 0.3) is 5.91 Å². The number of unbranched alkanes of at least 4 members (excludes halogenated alkanes) is 1. The van der Waals surface area contributed by atoms with Crippen LogP contribution in [-0.4, -0.2) is 38.1 Å². The Bertz CT molecular complexity index is 697. The molecular weight excluding hydrogens is 304 g/mol. The van der Waals surface area contributed by atoms with Crippen molar-refractivity contribution in [2.24, 2.45) is 0 Å². The second-order valence-corrected chi connectivity index (χ2v) is 7.68. The minimum atomic E-state index is -3.29. The van der Waals surface area contributed by atoms with Gasteiger partial charge in [-0.05, 0) is 31.0 Å². The van der Waals surface area contributed by atoms with Gasteiger partial charge in [0.2, 0.25) is 0 Å². The Hall–Kier alpha value is -1.89. The van der Waals surface area contributed by atoms with Gasteiger partial charge < -0.3 is 5.32 Å². The van der Waals surface area contributed by atoms with Gasteiger partial charge in [-0.1, -0.05) is 25.5 Å². The van der Waals surface area contributed by atoms with E-state index in [4.69, 9.17) is 0 Å². The molecule has 1 aliphatic heterocycles. The smallest absolute Gasteiger partial charge is 0.319 e. The summed E-state index contributed by atoms with van der Waals surface area (Å²) in [6.07, 6.45) is 2.76. The van der Waals surface area contributed by atoms with Gasteiger partial charge in [0.15, 0.2) is 9.84 Å². The normalized spacial score (nSPS) is 22.0. The van der Waals surface area contributed by atoms with Gasteiger partial charge in [0.1, 0.15) is 5.54 Å². The summed E-state index contributed by atoms with van der Waals surface area (Å²) in [5.74, 6) is -0.307. The average molecular weight is 324 g/mol. The molecule has 0 spiro atoms. The summed E-state index contributed by atoms with van der Waals surface area (Å²) >= 11 is 0. The Kier molecular flexibility index (Phi) is 4.28. The number of carbonyl (C=O) groups excluding carboxylic acids is 2. The maximum absolute atomic E-state index is 12.6. The molecule has 1 aromatic carbocycles. The summed E-state index contributed by atoms with van der Waals surface area (Å²) in [7, 11) is -3.29. The summed E-state index contributed by atoms with van der Waals surface area (Å²) in [6.45, 7) is 4.01. The van der Waals surface area contributed by atoms with Crippen LogP contribution in [0.15, 0.2) is 29.2 Å². The molecule has 22 heavy (non-hydrogen) atoms. The maximum Gasteiger partial charge on any atom is 0.325 e. The lowest BCUT2D eigenvalue weighted by atomic mass is 9.92. The van der Waals surface area contributed by atoms with E-state index in [1.54, 1.807) is 19.1 Å². The molecule has 1 saturated heterocycles. The molecule has 1 aliphatic rings. The van der Waals surface area contributed by atoms with Gasteiger partial charge in [0.05, 0.1) is 4.90 Å². The molecule has 1 fully saturated rings. The van der Waals surface area contributed by atoms with Crippen molar-refractivity contribution in [1.29, 1.82) is 0 Å². The van der Waals surface area contributed by atoms with Crippen molar-refractivity contribution >= 4 is 21.8 Å². The molecule has 0 bridgehead atoms. The highest BCUT2D eigenvalue weighted by Gasteiger charge is 2.48. The quantitative estimate of drug-likeness (QED) is 0.835. The van der Waals surface area contributed by atoms with E-state index in [1.165, 1.54) is 17.0 Å². The summed E-state index contributed by atoms with van der Waals surface area (Å²) in [5.41, 5.74) is -0.585. The monoisotopic (exact) mass is 324 g/mol. The number of nitrogens with one attached hydrogen (secondary N) is 1. The fourth-order valence-corrected chi connectivity index (χ4v) is 3.08. The number of urea groups is 1. The number of imide groups is 1. The van der Waals surface area contributed by atoms with E-state index in [0.717, 1.165) is 19.1 Å². The van der Waals surface area contributed by atoms with Crippen molar-refractivity contribution in [2.45, 2.75) is 37.1 Å². The largest absolute Gasteiger partial charge is 0.325 e. The molecule has 1 aromatic rings. The van der Waals surface area contributed by atoms with Crippen molar-refractivity contribution < 1.29 is 18.0 Å². The van der Waals surface area contributed by atoms with Crippen molar-refractivity contribution in [1.82, 2.24) is 10.2 Å². The third-order valence-electron chi connectivity index (χ3n) is 3.87. The first kappa shape index (κ1) is 16.5. The van der Waals surface area contributed by atoms with Crippen LogP contribution in [-0.2, 0) is 20.2 Å². The van der Waals surface area contributed by atoms with Gasteiger partial charge in [-0.3, -0.25) is 9.69 Å². The molecule has 2 rings (SSSR count). The number of carbonyl (C=O) groups is 2. The van der Waals surface area contributed by atoms with E-state index in [9.17, 15) is 18.0 Å². The summed E-state index contributed by atoms with van der Waals surface area (Å²) in [5, 5.41) is 2.70. The highest BCUT2D eigenvalue weighted by molar-refractivity contribution is 7.90. The van der Waals surface area contributed by atoms with E-state index in [0.29, 0.717) is 12.1 Å². The molecule has 7 heteroatoms. The van der Waals surface area contributed by atoms with Crippen LogP contribution >= 0.6 is 0 Å². The Balaban J connectivity index is 2.31. The molecule has 0 aliphatic carbocycles. The molecule has 0 aromatic heterocycles. The average Bonchev–Trinajstić information content (AvgIpc) is 2.67. The number of rotatable bonds is 5. The SMILES string of the molecule is CCCCN1C(=O)N[C@@](C)(c2ccc(S(C)(=O)=O)cc2)C1=O. The minimum Gasteiger partial charge on any atom is -0.319 e. The second kappa shape index (κ2) is 5.72. The predicted molar refractivity (Wildman–Crippen MR) is 82.1 cm³/mol. The summed E-state index contributed by atoms with van der Waals surface area (Å²) in [4.78, 5) is 26.0. The van der Waals surface area contributed by atoms with Gasteiger partial charge >= 0.3 is 6.03 Å². The molecule has 6 nitrogen and oxygen atoms in total. The first-order valence-corrected chi connectivity index (χ1v) is 9.04. The Morgan fingerprint density at radius 3 is 2.27 bits per heavy atom. The predicted octanol–water partition coefficient (Wildman–Crippen LogP) is 1.66. The zero-order valence-electron chi connectivity index (χ0n) is 12.9. The van der Waals surface area contributed by atoms with Crippen LogP contribution in [0.2, 0.25) is 0 Å².